The van der Waals surface area contributed by atoms with Crippen LogP contribution in [0.25, 0.3) is 10.9 Å². The van der Waals surface area contributed by atoms with Crippen molar-refractivity contribution in [3.8, 4) is 0 Å². The zero-order valence-corrected chi connectivity index (χ0v) is 12.7. The lowest BCUT2D eigenvalue weighted by molar-refractivity contribution is -0.141. The van der Waals surface area contributed by atoms with Crippen molar-refractivity contribution in [2.24, 2.45) is 0 Å². The summed E-state index contributed by atoms with van der Waals surface area (Å²) in [6.45, 7) is 4.03. The van der Waals surface area contributed by atoms with Gasteiger partial charge < -0.3 is 5.32 Å². The molecule has 0 saturated carbocycles. The highest BCUT2D eigenvalue weighted by Gasteiger charge is 2.36. The average molecular weight is 347 g/mol. The molecule has 0 aliphatic rings. The second kappa shape index (κ2) is 5.60. The lowest BCUT2D eigenvalue weighted by atomic mass is 10.1. The first kappa shape index (κ1) is 15.1. The number of fused-ring (bicyclic) bond motifs is 1. The SMILES string of the molecule is CCCNc1c(C)c(C(F)(F)F)nc2ccc(Br)cc12. The maximum absolute atomic E-state index is 13.1. The zero-order valence-electron chi connectivity index (χ0n) is 11.1. The van der Waals surface area contributed by atoms with Gasteiger partial charge in [0.15, 0.2) is 0 Å². The first-order valence-corrected chi connectivity index (χ1v) is 7.04. The van der Waals surface area contributed by atoms with Crippen molar-refractivity contribution >= 4 is 32.5 Å². The minimum absolute atomic E-state index is 0.136. The van der Waals surface area contributed by atoms with Gasteiger partial charge in [0.1, 0.15) is 5.69 Å². The van der Waals surface area contributed by atoms with Crippen LogP contribution in [0.5, 0.6) is 0 Å². The molecule has 2 rings (SSSR count). The number of benzene rings is 1. The lowest BCUT2D eigenvalue weighted by Gasteiger charge is -2.17. The highest BCUT2D eigenvalue weighted by Crippen LogP contribution is 2.37. The molecular weight excluding hydrogens is 333 g/mol. The van der Waals surface area contributed by atoms with Crippen molar-refractivity contribution in [2.75, 3.05) is 11.9 Å². The number of hydrogen-bond donors (Lipinski definition) is 1. The number of nitrogens with one attached hydrogen (secondary N) is 1. The fourth-order valence-corrected chi connectivity index (χ4v) is 2.45. The number of pyridine rings is 1. The van der Waals surface area contributed by atoms with Gasteiger partial charge in [-0.05, 0) is 31.5 Å². The normalized spacial score (nSPS) is 11.9. The number of aromatic nitrogens is 1. The summed E-state index contributed by atoms with van der Waals surface area (Å²) in [6, 6.07) is 5.06. The molecule has 0 saturated heterocycles. The third kappa shape index (κ3) is 2.90. The molecule has 0 bridgehead atoms. The van der Waals surface area contributed by atoms with Gasteiger partial charge in [0.25, 0.3) is 0 Å². The van der Waals surface area contributed by atoms with Gasteiger partial charge in [-0.3, -0.25) is 0 Å². The predicted octanol–water partition coefficient (Wildman–Crippen LogP) is 5.15. The Morgan fingerprint density at radius 1 is 1.30 bits per heavy atom. The van der Waals surface area contributed by atoms with E-state index in [4.69, 9.17) is 0 Å². The van der Waals surface area contributed by atoms with Crippen LogP contribution in [0.3, 0.4) is 0 Å². The topological polar surface area (TPSA) is 24.9 Å². The highest BCUT2D eigenvalue weighted by molar-refractivity contribution is 9.10. The van der Waals surface area contributed by atoms with E-state index >= 15 is 0 Å². The van der Waals surface area contributed by atoms with Gasteiger partial charge in [0, 0.05) is 27.7 Å². The third-order valence-corrected chi connectivity index (χ3v) is 3.50. The second-order valence-corrected chi connectivity index (χ2v) is 5.46. The molecule has 0 radical (unpaired) electrons. The minimum atomic E-state index is -4.45. The summed E-state index contributed by atoms with van der Waals surface area (Å²) in [6.07, 6.45) is -3.62. The Morgan fingerprint density at radius 2 is 2.00 bits per heavy atom. The van der Waals surface area contributed by atoms with Crippen molar-refractivity contribution in [3.63, 3.8) is 0 Å². The van der Waals surface area contributed by atoms with Crippen LogP contribution < -0.4 is 5.32 Å². The van der Waals surface area contributed by atoms with Crippen molar-refractivity contribution in [3.05, 3.63) is 33.9 Å². The van der Waals surface area contributed by atoms with Crippen LogP contribution in [-0.2, 0) is 6.18 Å². The molecule has 0 fully saturated rings. The van der Waals surface area contributed by atoms with Gasteiger partial charge in [0.2, 0.25) is 0 Å². The Morgan fingerprint density at radius 3 is 2.60 bits per heavy atom. The fourth-order valence-electron chi connectivity index (χ4n) is 2.08. The van der Waals surface area contributed by atoms with E-state index in [0.717, 1.165) is 10.9 Å². The molecule has 1 heterocycles. The van der Waals surface area contributed by atoms with Crippen molar-refractivity contribution < 1.29 is 13.2 Å². The lowest BCUT2D eigenvalue weighted by Crippen LogP contribution is -2.13. The van der Waals surface area contributed by atoms with Crippen molar-refractivity contribution in [2.45, 2.75) is 26.4 Å². The zero-order chi connectivity index (χ0) is 14.9. The Kier molecular flexibility index (Phi) is 4.22. The Hall–Kier alpha value is -1.30. The Labute approximate surface area is 123 Å². The predicted molar refractivity (Wildman–Crippen MR) is 78.0 cm³/mol. The number of halogens is 4. The minimum Gasteiger partial charge on any atom is -0.384 e. The summed E-state index contributed by atoms with van der Waals surface area (Å²) >= 11 is 3.34. The average Bonchev–Trinajstić information content (AvgIpc) is 2.36. The van der Waals surface area contributed by atoms with Crippen LogP contribution >= 0.6 is 15.9 Å². The standard InChI is InChI=1S/C14H14BrF3N2/c1-3-6-19-12-8(2)13(14(16,17)18)20-11-5-4-9(15)7-10(11)12/h4-5,7H,3,6H2,1-2H3,(H,19,20). The molecule has 0 atom stereocenters. The third-order valence-electron chi connectivity index (χ3n) is 3.01. The molecular formula is C14H14BrF3N2. The first-order chi connectivity index (χ1) is 9.34. The monoisotopic (exact) mass is 346 g/mol. The van der Waals surface area contributed by atoms with E-state index in [9.17, 15) is 13.2 Å². The number of rotatable bonds is 3. The van der Waals surface area contributed by atoms with Gasteiger partial charge in [-0.25, -0.2) is 4.98 Å². The van der Waals surface area contributed by atoms with E-state index in [2.05, 4.69) is 26.2 Å². The van der Waals surface area contributed by atoms with Gasteiger partial charge in [0.05, 0.1) is 5.52 Å². The van der Waals surface area contributed by atoms with E-state index in [1.165, 1.54) is 6.92 Å². The Bertz CT molecular complexity index is 638. The van der Waals surface area contributed by atoms with Crippen LogP contribution in [0, 0.1) is 6.92 Å². The molecule has 0 unspecified atom stereocenters. The number of nitrogens with zero attached hydrogens (tertiary/aromatic N) is 1. The molecule has 0 spiro atoms. The molecule has 1 N–H and O–H groups in total. The van der Waals surface area contributed by atoms with Gasteiger partial charge in [-0.15, -0.1) is 0 Å². The highest BCUT2D eigenvalue weighted by atomic mass is 79.9. The summed E-state index contributed by atoms with van der Waals surface area (Å²) in [5.74, 6) is 0. The molecule has 0 aliphatic carbocycles. The maximum atomic E-state index is 13.1. The molecule has 0 amide bonds. The molecule has 108 valence electrons. The van der Waals surface area contributed by atoms with Crippen molar-refractivity contribution in [1.82, 2.24) is 4.98 Å². The molecule has 20 heavy (non-hydrogen) atoms. The molecule has 0 aliphatic heterocycles. The van der Waals surface area contributed by atoms with E-state index in [0.29, 0.717) is 23.1 Å². The second-order valence-electron chi connectivity index (χ2n) is 4.55. The molecule has 2 nitrogen and oxygen atoms in total. The number of hydrogen-bond acceptors (Lipinski definition) is 2. The van der Waals surface area contributed by atoms with Crippen molar-refractivity contribution in [1.29, 1.82) is 0 Å². The van der Waals surface area contributed by atoms with Crippen LogP contribution in [0.4, 0.5) is 18.9 Å². The van der Waals surface area contributed by atoms with Gasteiger partial charge in [-0.1, -0.05) is 22.9 Å². The van der Waals surface area contributed by atoms with E-state index < -0.39 is 11.9 Å². The summed E-state index contributed by atoms with van der Waals surface area (Å²) < 4.78 is 40.0. The van der Waals surface area contributed by atoms with E-state index in [1.54, 1.807) is 18.2 Å². The Balaban J connectivity index is 2.74. The summed E-state index contributed by atoms with van der Waals surface area (Å²) in [5.41, 5.74) is 0.151. The van der Waals surface area contributed by atoms with Crippen LogP contribution in [0.1, 0.15) is 24.6 Å². The largest absolute Gasteiger partial charge is 0.433 e. The van der Waals surface area contributed by atoms with E-state index in [-0.39, 0.29) is 5.56 Å². The van der Waals surface area contributed by atoms with Crippen LogP contribution in [0.2, 0.25) is 0 Å². The van der Waals surface area contributed by atoms with E-state index in [1.807, 2.05) is 6.92 Å². The van der Waals surface area contributed by atoms with Crippen LogP contribution in [-0.4, -0.2) is 11.5 Å². The molecule has 1 aromatic carbocycles. The van der Waals surface area contributed by atoms with Gasteiger partial charge in [-0.2, -0.15) is 13.2 Å². The summed E-state index contributed by atoms with van der Waals surface area (Å²) in [7, 11) is 0. The smallest absolute Gasteiger partial charge is 0.384 e. The van der Waals surface area contributed by atoms with Gasteiger partial charge >= 0.3 is 6.18 Å². The molecule has 2 aromatic rings. The molecule has 6 heteroatoms. The molecule has 1 aromatic heterocycles. The first-order valence-electron chi connectivity index (χ1n) is 6.25. The maximum Gasteiger partial charge on any atom is 0.433 e. The quantitative estimate of drug-likeness (QED) is 0.831. The van der Waals surface area contributed by atoms with Crippen LogP contribution in [0.15, 0.2) is 22.7 Å². The number of anilines is 1. The fraction of sp³-hybridized carbons (Fsp3) is 0.357. The summed E-state index contributed by atoms with van der Waals surface area (Å²) in [4.78, 5) is 3.77. The number of alkyl halides is 3. The summed E-state index contributed by atoms with van der Waals surface area (Å²) in [5, 5.41) is 3.78.